The van der Waals surface area contributed by atoms with Gasteiger partial charge in [-0.15, -0.1) is 0 Å². The zero-order valence-corrected chi connectivity index (χ0v) is 12.9. The van der Waals surface area contributed by atoms with Crippen LogP contribution in [0.15, 0.2) is 23.1 Å². The van der Waals surface area contributed by atoms with Gasteiger partial charge in [0.25, 0.3) is 5.69 Å². The first-order valence-electron chi connectivity index (χ1n) is 5.47. The number of primary sulfonamides is 1. The number of nitrogens with two attached hydrogens (primary N) is 1. The van der Waals surface area contributed by atoms with Gasteiger partial charge in [0.2, 0.25) is 20.0 Å². The third-order valence-corrected chi connectivity index (χ3v) is 4.91. The zero-order valence-electron chi connectivity index (χ0n) is 10.5. The van der Waals surface area contributed by atoms with E-state index in [9.17, 15) is 26.9 Å². The van der Waals surface area contributed by atoms with Crippen molar-refractivity contribution in [1.82, 2.24) is 4.72 Å². The van der Waals surface area contributed by atoms with Crippen molar-refractivity contribution >= 4 is 37.3 Å². The fourth-order valence-corrected chi connectivity index (χ4v) is 3.36. The van der Waals surface area contributed by atoms with Crippen molar-refractivity contribution in [3.63, 3.8) is 0 Å². The molecule has 0 fully saturated rings. The van der Waals surface area contributed by atoms with Crippen LogP contribution in [0.3, 0.4) is 0 Å². The first-order valence-corrected chi connectivity index (χ1v) is 9.05. The van der Waals surface area contributed by atoms with E-state index in [1.165, 1.54) is 6.07 Å². The Morgan fingerprint density at radius 2 is 1.90 bits per heavy atom. The van der Waals surface area contributed by atoms with E-state index in [1.54, 1.807) is 0 Å². The standard InChI is InChI=1S/C9H12ClN3O6S2/c10-7-2-3-9(8(6-7)13(14)15)21(18,19)12-4-1-5-20(11,16)17/h2-3,6,12H,1,4-5H2,(H2,11,16,17). The number of benzene rings is 1. The quantitative estimate of drug-likeness (QED) is 0.404. The van der Waals surface area contributed by atoms with Crippen LogP contribution in [0, 0.1) is 10.1 Å². The SMILES string of the molecule is NS(=O)(=O)CCCNS(=O)(=O)c1ccc(Cl)cc1[N+](=O)[O-]. The minimum Gasteiger partial charge on any atom is -0.258 e. The fraction of sp³-hybridized carbons (Fsp3) is 0.333. The lowest BCUT2D eigenvalue weighted by molar-refractivity contribution is -0.387. The van der Waals surface area contributed by atoms with Crippen LogP contribution in [0.1, 0.15) is 6.42 Å². The average molecular weight is 358 g/mol. The first kappa shape index (κ1) is 17.8. The Labute approximate surface area is 126 Å². The molecule has 0 saturated carbocycles. The molecule has 0 bridgehead atoms. The van der Waals surface area contributed by atoms with E-state index in [0.717, 1.165) is 12.1 Å². The molecule has 0 spiro atoms. The molecule has 0 saturated heterocycles. The van der Waals surface area contributed by atoms with Gasteiger partial charge in [0, 0.05) is 17.6 Å². The molecule has 21 heavy (non-hydrogen) atoms. The number of rotatable bonds is 7. The summed E-state index contributed by atoms with van der Waals surface area (Å²) in [4.78, 5) is 9.42. The number of nitrogens with one attached hydrogen (secondary N) is 1. The Morgan fingerprint density at radius 3 is 2.43 bits per heavy atom. The molecular weight excluding hydrogens is 346 g/mol. The summed E-state index contributed by atoms with van der Waals surface area (Å²) in [7, 11) is -7.85. The predicted molar refractivity (Wildman–Crippen MR) is 75.9 cm³/mol. The molecule has 9 nitrogen and oxygen atoms in total. The van der Waals surface area contributed by atoms with Crippen LogP contribution in [0.25, 0.3) is 0 Å². The number of halogens is 1. The van der Waals surface area contributed by atoms with Gasteiger partial charge in [-0.05, 0) is 18.6 Å². The Bertz CT molecular complexity index is 747. The molecule has 12 heteroatoms. The van der Waals surface area contributed by atoms with Gasteiger partial charge in [-0.3, -0.25) is 10.1 Å². The molecule has 0 atom stereocenters. The fourth-order valence-electron chi connectivity index (χ4n) is 1.42. The summed E-state index contributed by atoms with van der Waals surface area (Å²) in [5.41, 5.74) is -0.665. The maximum absolute atomic E-state index is 12.0. The van der Waals surface area contributed by atoms with Gasteiger partial charge in [-0.25, -0.2) is 26.7 Å². The smallest absolute Gasteiger partial charge is 0.258 e. The van der Waals surface area contributed by atoms with Crippen molar-refractivity contribution in [3.8, 4) is 0 Å². The summed E-state index contributed by atoms with van der Waals surface area (Å²) < 4.78 is 47.4. The first-order chi connectivity index (χ1) is 9.53. The van der Waals surface area contributed by atoms with Crippen molar-refractivity contribution in [2.45, 2.75) is 11.3 Å². The third kappa shape index (κ3) is 5.55. The minimum absolute atomic E-state index is 0.0230. The van der Waals surface area contributed by atoms with Crippen molar-refractivity contribution in [2.24, 2.45) is 5.14 Å². The van der Waals surface area contributed by atoms with Crippen molar-refractivity contribution in [1.29, 1.82) is 0 Å². The number of hydrogen-bond acceptors (Lipinski definition) is 6. The van der Waals surface area contributed by atoms with Gasteiger partial charge < -0.3 is 0 Å². The highest BCUT2D eigenvalue weighted by Crippen LogP contribution is 2.26. The molecule has 0 amide bonds. The monoisotopic (exact) mass is 357 g/mol. The van der Waals surface area contributed by atoms with E-state index in [4.69, 9.17) is 16.7 Å². The Morgan fingerprint density at radius 1 is 1.29 bits per heavy atom. The molecular formula is C9H12ClN3O6S2. The summed E-state index contributed by atoms with van der Waals surface area (Å²) in [6.45, 7) is -0.224. The van der Waals surface area contributed by atoms with Crippen molar-refractivity contribution in [2.75, 3.05) is 12.3 Å². The second kappa shape index (κ2) is 6.66. The van der Waals surface area contributed by atoms with Gasteiger partial charge in [0.15, 0.2) is 4.90 Å². The second-order valence-corrected chi connectivity index (χ2v) is 7.89. The van der Waals surface area contributed by atoms with Crippen molar-refractivity contribution < 1.29 is 21.8 Å². The molecule has 0 radical (unpaired) electrons. The number of nitrogens with zero attached hydrogens (tertiary/aromatic N) is 1. The van der Waals surface area contributed by atoms with Crippen LogP contribution in [0.5, 0.6) is 0 Å². The Kier molecular flexibility index (Phi) is 5.64. The van der Waals surface area contributed by atoms with E-state index in [0.29, 0.717) is 0 Å². The molecule has 1 rings (SSSR count). The lowest BCUT2D eigenvalue weighted by Crippen LogP contribution is -2.28. The minimum atomic E-state index is -4.16. The third-order valence-electron chi connectivity index (χ3n) is 2.30. The molecule has 0 aliphatic heterocycles. The van der Waals surface area contributed by atoms with E-state index < -0.39 is 41.3 Å². The largest absolute Gasteiger partial charge is 0.290 e. The number of sulfonamides is 2. The zero-order chi connectivity index (χ0) is 16.3. The maximum atomic E-state index is 12.0. The summed E-state index contributed by atoms with van der Waals surface area (Å²) in [5.74, 6) is -0.405. The van der Waals surface area contributed by atoms with E-state index >= 15 is 0 Å². The second-order valence-electron chi connectivity index (χ2n) is 3.99. The van der Waals surface area contributed by atoms with Gasteiger partial charge in [0.05, 0.1) is 10.7 Å². The number of nitro groups is 1. The highest BCUT2D eigenvalue weighted by Gasteiger charge is 2.25. The van der Waals surface area contributed by atoms with Crippen LogP contribution in [0.2, 0.25) is 5.02 Å². The lowest BCUT2D eigenvalue weighted by Gasteiger charge is -2.07. The van der Waals surface area contributed by atoms with Gasteiger partial charge >= 0.3 is 0 Å². The highest BCUT2D eigenvalue weighted by atomic mass is 35.5. The molecule has 0 aromatic heterocycles. The summed E-state index contributed by atoms with van der Waals surface area (Å²) in [5, 5.41) is 15.6. The Hall–Kier alpha value is -1.27. The van der Waals surface area contributed by atoms with Gasteiger partial charge in [-0.2, -0.15) is 0 Å². The van der Waals surface area contributed by atoms with Gasteiger partial charge in [-0.1, -0.05) is 11.6 Å². The maximum Gasteiger partial charge on any atom is 0.290 e. The molecule has 3 N–H and O–H groups in total. The van der Waals surface area contributed by atoms with Crippen LogP contribution in [-0.4, -0.2) is 34.1 Å². The molecule has 0 unspecified atom stereocenters. The summed E-state index contributed by atoms with van der Waals surface area (Å²) in [6.07, 6.45) is -0.0561. The summed E-state index contributed by atoms with van der Waals surface area (Å²) >= 11 is 5.59. The molecule has 0 aliphatic carbocycles. The van der Waals surface area contributed by atoms with Crippen LogP contribution < -0.4 is 9.86 Å². The van der Waals surface area contributed by atoms with Crippen LogP contribution in [0.4, 0.5) is 5.69 Å². The predicted octanol–water partition coefficient (Wildman–Crippen LogP) is 0.205. The number of nitro benzene ring substituents is 1. The number of hydrogen-bond donors (Lipinski definition) is 2. The Balaban J connectivity index is 2.91. The van der Waals surface area contributed by atoms with Crippen molar-refractivity contribution in [3.05, 3.63) is 33.3 Å². The normalized spacial score (nSPS) is 12.3. The average Bonchev–Trinajstić information content (AvgIpc) is 2.33. The van der Waals surface area contributed by atoms with E-state index in [-0.39, 0.29) is 18.0 Å². The lowest BCUT2D eigenvalue weighted by atomic mass is 10.3. The molecule has 1 aromatic rings. The molecule has 118 valence electrons. The molecule has 0 heterocycles. The van der Waals surface area contributed by atoms with Crippen LogP contribution in [-0.2, 0) is 20.0 Å². The molecule has 0 aliphatic rings. The van der Waals surface area contributed by atoms with Gasteiger partial charge in [0.1, 0.15) is 0 Å². The van der Waals surface area contributed by atoms with E-state index in [1.807, 2.05) is 0 Å². The topological polar surface area (TPSA) is 149 Å². The van der Waals surface area contributed by atoms with E-state index in [2.05, 4.69) is 4.72 Å². The molecule has 1 aromatic carbocycles. The summed E-state index contributed by atoms with van der Waals surface area (Å²) in [6, 6.07) is 3.12. The van der Waals surface area contributed by atoms with Crippen LogP contribution >= 0.6 is 11.6 Å². The highest BCUT2D eigenvalue weighted by molar-refractivity contribution is 7.89.